The highest BCUT2D eigenvalue weighted by atomic mass is 16.2. The normalized spacial score (nSPS) is 12.5. The molecule has 1 atom stereocenters. The Morgan fingerprint density at radius 2 is 2.40 bits per heavy atom. The van der Waals surface area contributed by atoms with Crippen LogP contribution in [-0.2, 0) is 11.3 Å². The maximum atomic E-state index is 11.5. The van der Waals surface area contributed by atoms with Crippen LogP contribution < -0.4 is 5.32 Å². The van der Waals surface area contributed by atoms with Crippen molar-refractivity contribution in [3.63, 3.8) is 0 Å². The van der Waals surface area contributed by atoms with Gasteiger partial charge in [0.05, 0.1) is 5.69 Å². The van der Waals surface area contributed by atoms with E-state index in [0.29, 0.717) is 6.54 Å². The number of carbonyl (C=O) groups is 1. The van der Waals surface area contributed by atoms with Gasteiger partial charge in [-0.1, -0.05) is 13.3 Å². The quantitative estimate of drug-likeness (QED) is 0.798. The molecule has 0 fully saturated rings. The fraction of sp³-hybridized carbons (Fsp3) is 0.636. The lowest BCUT2D eigenvalue weighted by Crippen LogP contribution is -2.35. The van der Waals surface area contributed by atoms with Gasteiger partial charge in [-0.05, 0) is 26.3 Å². The van der Waals surface area contributed by atoms with E-state index in [1.807, 2.05) is 26.1 Å². The Balaban J connectivity index is 2.36. The molecule has 4 heteroatoms. The molecule has 1 heterocycles. The van der Waals surface area contributed by atoms with Crippen LogP contribution in [0, 0.1) is 6.92 Å². The molecule has 1 rings (SSSR count). The molecule has 0 bridgehead atoms. The highest BCUT2D eigenvalue weighted by Crippen LogP contribution is 1.96. The average Bonchev–Trinajstić information content (AvgIpc) is 2.51. The topological polar surface area (TPSA) is 46.9 Å². The van der Waals surface area contributed by atoms with Crippen molar-refractivity contribution in [2.24, 2.45) is 0 Å². The Kier molecular flexibility index (Phi) is 4.34. The van der Waals surface area contributed by atoms with Gasteiger partial charge in [-0.15, -0.1) is 0 Å². The first-order valence-electron chi connectivity index (χ1n) is 5.41. The Morgan fingerprint density at radius 1 is 1.67 bits per heavy atom. The Labute approximate surface area is 90.7 Å². The summed E-state index contributed by atoms with van der Waals surface area (Å²) in [5, 5.41) is 7.10. The number of hydrogen-bond donors (Lipinski definition) is 1. The van der Waals surface area contributed by atoms with Crippen molar-refractivity contribution in [1.29, 1.82) is 0 Å². The fourth-order valence-corrected chi connectivity index (χ4v) is 1.52. The van der Waals surface area contributed by atoms with Crippen LogP contribution in [0.15, 0.2) is 12.3 Å². The van der Waals surface area contributed by atoms with Gasteiger partial charge in [0, 0.05) is 12.2 Å². The summed E-state index contributed by atoms with van der Waals surface area (Å²) in [6.45, 7) is 6.35. The van der Waals surface area contributed by atoms with Crippen LogP contribution in [0.1, 0.15) is 32.4 Å². The van der Waals surface area contributed by atoms with E-state index in [1.54, 1.807) is 4.68 Å². The molecule has 1 N–H and O–H groups in total. The van der Waals surface area contributed by atoms with Crippen molar-refractivity contribution in [2.45, 2.75) is 46.2 Å². The number of aromatic nitrogens is 2. The van der Waals surface area contributed by atoms with Crippen molar-refractivity contribution in [2.75, 3.05) is 0 Å². The van der Waals surface area contributed by atoms with Gasteiger partial charge in [-0.2, -0.15) is 5.10 Å². The molecule has 0 aliphatic carbocycles. The number of rotatable bonds is 5. The van der Waals surface area contributed by atoms with E-state index in [2.05, 4.69) is 17.3 Å². The van der Waals surface area contributed by atoms with Crippen molar-refractivity contribution in [3.05, 3.63) is 18.0 Å². The molecular weight excluding hydrogens is 190 g/mol. The number of amides is 1. The number of hydrogen-bond acceptors (Lipinski definition) is 2. The maximum absolute atomic E-state index is 11.5. The van der Waals surface area contributed by atoms with E-state index in [-0.39, 0.29) is 11.9 Å². The fourth-order valence-electron chi connectivity index (χ4n) is 1.52. The molecule has 1 aromatic heterocycles. The second kappa shape index (κ2) is 5.53. The minimum Gasteiger partial charge on any atom is -0.352 e. The summed E-state index contributed by atoms with van der Waals surface area (Å²) in [7, 11) is 0. The van der Waals surface area contributed by atoms with Gasteiger partial charge in [0.25, 0.3) is 0 Å². The van der Waals surface area contributed by atoms with E-state index < -0.39 is 0 Å². The molecule has 15 heavy (non-hydrogen) atoms. The maximum Gasteiger partial charge on any atom is 0.241 e. The van der Waals surface area contributed by atoms with Crippen molar-refractivity contribution >= 4 is 5.91 Å². The molecule has 0 aliphatic heterocycles. The third-order valence-electron chi connectivity index (χ3n) is 2.21. The lowest BCUT2D eigenvalue weighted by molar-refractivity contribution is -0.122. The minimum atomic E-state index is 0.0269. The van der Waals surface area contributed by atoms with E-state index in [1.165, 1.54) is 0 Å². The van der Waals surface area contributed by atoms with E-state index >= 15 is 0 Å². The highest BCUT2D eigenvalue weighted by molar-refractivity contribution is 5.75. The first-order valence-corrected chi connectivity index (χ1v) is 5.41. The molecule has 4 nitrogen and oxygen atoms in total. The average molecular weight is 209 g/mol. The zero-order chi connectivity index (χ0) is 11.3. The third kappa shape index (κ3) is 4.14. The molecule has 84 valence electrons. The van der Waals surface area contributed by atoms with Crippen molar-refractivity contribution < 1.29 is 4.79 Å². The molecule has 1 unspecified atom stereocenters. The molecule has 0 aliphatic rings. The summed E-state index contributed by atoms with van der Waals surface area (Å²) in [4.78, 5) is 11.5. The van der Waals surface area contributed by atoms with Gasteiger partial charge in [-0.3, -0.25) is 9.48 Å². The summed E-state index contributed by atoms with van der Waals surface area (Å²) in [5.41, 5.74) is 0.935. The lowest BCUT2D eigenvalue weighted by Gasteiger charge is -2.12. The van der Waals surface area contributed by atoms with Gasteiger partial charge in [0.2, 0.25) is 5.91 Å². The number of nitrogens with one attached hydrogen (secondary N) is 1. The molecule has 1 aromatic rings. The molecule has 0 aromatic carbocycles. The first kappa shape index (κ1) is 11.8. The zero-order valence-corrected chi connectivity index (χ0v) is 9.66. The Bertz CT molecular complexity index is 319. The van der Waals surface area contributed by atoms with Gasteiger partial charge >= 0.3 is 0 Å². The monoisotopic (exact) mass is 209 g/mol. The van der Waals surface area contributed by atoms with E-state index in [4.69, 9.17) is 0 Å². The van der Waals surface area contributed by atoms with Crippen LogP contribution in [0.25, 0.3) is 0 Å². The SMILES string of the molecule is CCCC(C)NC(=O)Cn1ccc(C)n1. The van der Waals surface area contributed by atoms with Crippen LogP contribution in [0.3, 0.4) is 0 Å². The largest absolute Gasteiger partial charge is 0.352 e. The smallest absolute Gasteiger partial charge is 0.241 e. The van der Waals surface area contributed by atoms with Crippen LogP contribution >= 0.6 is 0 Å². The summed E-state index contributed by atoms with van der Waals surface area (Å²) in [5.74, 6) is 0.0269. The summed E-state index contributed by atoms with van der Waals surface area (Å²) in [6.07, 6.45) is 3.92. The second-order valence-electron chi connectivity index (χ2n) is 3.91. The number of carbonyl (C=O) groups excluding carboxylic acids is 1. The Morgan fingerprint density at radius 3 is 2.93 bits per heavy atom. The third-order valence-corrected chi connectivity index (χ3v) is 2.21. The summed E-state index contributed by atoms with van der Waals surface area (Å²) in [6, 6.07) is 2.14. The molecular formula is C11H19N3O. The second-order valence-corrected chi connectivity index (χ2v) is 3.91. The molecule has 0 radical (unpaired) electrons. The molecule has 0 saturated carbocycles. The van der Waals surface area contributed by atoms with Crippen LogP contribution in [0.5, 0.6) is 0 Å². The first-order chi connectivity index (χ1) is 7.11. The van der Waals surface area contributed by atoms with E-state index in [0.717, 1.165) is 18.5 Å². The summed E-state index contributed by atoms with van der Waals surface area (Å²) >= 11 is 0. The van der Waals surface area contributed by atoms with Crippen molar-refractivity contribution in [3.8, 4) is 0 Å². The predicted molar refractivity (Wildman–Crippen MR) is 59.5 cm³/mol. The van der Waals surface area contributed by atoms with Gasteiger partial charge in [0.15, 0.2) is 0 Å². The molecule has 1 amide bonds. The lowest BCUT2D eigenvalue weighted by atomic mass is 10.2. The van der Waals surface area contributed by atoms with Gasteiger partial charge in [0.1, 0.15) is 6.54 Å². The standard InChI is InChI=1S/C11H19N3O/c1-4-5-9(2)12-11(15)8-14-7-6-10(3)13-14/h6-7,9H,4-5,8H2,1-3H3,(H,12,15). The number of aryl methyl sites for hydroxylation is 1. The number of nitrogens with zero attached hydrogens (tertiary/aromatic N) is 2. The predicted octanol–water partition coefficient (Wildman–Crippen LogP) is 1.50. The van der Waals surface area contributed by atoms with Crippen LogP contribution in [0.4, 0.5) is 0 Å². The van der Waals surface area contributed by atoms with Crippen LogP contribution in [-0.4, -0.2) is 21.7 Å². The van der Waals surface area contributed by atoms with Crippen molar-refractivity contribution in [1.82, 2.24) is 15.1 Å². The van der Waals surface area contributed by atoms with Crippen LogP contribution in [0.2, 0.25) is 0 Å². The van der Waals surface area contributed by atoms with Gasteiger partial charge in [-0.25, -0.2) is 0 Å². The van der Waals surface area contributed by atoms with Gasteiger partial charge < -0.3 is 5.32 Å². The summed E-state index contributed by atoms with van der Waals surface area (Å²) < 4.78 is 1.66. The molecule has 0 saturated heterocycles. The molecule has 0 spiro atoms. The Hall–Kier alpha value is -1.32. The highest BCUT2D eigenvalue weighted by Gasteiger charge is 2.07. The minimum absolute atomic E-state index is 0.0269. The van der Waals surface area contributed by atoms with E-state index in [9.17, 15) is 4.79 Å². The zero-order valence-electron chi connectivity index (χ0n) is 9.66.